The van der Waals surface area contributed by atoms with E-state index in [0.29, 0.717) is 11.8 Å². The number of methoxy groups -OCH3 is 2. The normalized spacial score (nSPS) is 23.7. The first-order chi connectivity index (χ1) is 7.28. The molecule has 3 heteroatoms. The predicted octanol–water partition coefficient (Wildman–Crippen LogP) is 1.77. The predicted molar refractivity (Wildman–Crippen MR) is 59.4 cm³/mol. The Labute approximate surface area is 90.2 Å². The molecule has 0 unspecified atom stereocenters. The van der Waals surface area contributed by atoms with E-state index in [0.717, 1.165) is 18.0 Å². The molecule has 3 nitrogen and oxygen atoms in total. The van der Waals surface area contributed by atoms with Crippen LogP contribution >= 0.6 is 0 Å². The van der Waals surface area contributed by atoms with E-state index in [4.69, 9.17) is 15.2 Å². The Hall–Kier alpha value is -1.22. The molecule has 2 N–H and O–H groups in total. The summed E-state index contributed by atoms with van der Waals surface area (Å²) in [5, 5.41) is 0. The molecular weight excluding hydrogens is 190 g/mol. The molecule has 0 aliphatic heterocycles. The van der Waals surface area contributed by atoms with E-state index >= 15 is 0 Å². The van der Waals surface area contributed by atoms with E-state index in [9.17, 15) is 0 Å². The maximum Gasteiger partial charge on any atom is 0.122 e. The Balaban J connectivity index is 2.23. The van der Waals surface area contributed by atoms with Crippen LogP contribution in [-0.4, -0.2) is 20.8 Å². The Bertz CT molecular complexity index is 329. The summed E-state index contributed by atoms with van der Waals surface area (Å²) >= 11 is 0. The molecule has 0 bridgehead atoms. The van der Waals surface area contributed by atoms with Crippen molar-refractivity contribution in [2.45, 2.75) is 12.3 Å². The molecule has 1 aliphatic carbocycles. The maximum atomic E-state index is 5.64. The zero-order valence-electron chi connectivity index (χ0n) is 9.19. The average molecular weight is 207 g/mol. The summed E-state index contributed by atoms with van der Waals surface area (Å²) in [6, 6.07) is 6.04. The molecular formula is C12H17NO2. The van der Waals surface area contributed by atoms with Crippen molar-refractivity contribution in [1.82, 2.24) is 0 Å². The van der Waals surface area contributed by atoms with Crippen LogP contribution in [-0.2, 0) is 0 Å². The van der Waals surface area contributed by atoms with Crippen molar-refractivity contribution in [3.8, 4) is 11.5 Å². The van der Waals surface area contributed by atoms with Crippen molar-refractivity contribution in [2.75, 3.05) is 20.8 Å². The molecule has 0 spiro atoms. The fourth-order valence-electron chi connectivity index (χ4n) is 1.96. The minimum absolute atomic E-state index is 0.596. The topological polar surface area (TPSA) is 44.5 Å². The van der Waals surface area contributed by atoms with Gasteiger partial charge in [-0.1, -0.05) is 0 Å². The lowest BCUT2D eigenvalue weighted by molar-refractivity contribution is 0.393. The lowest BCUT2D eigenvalue weighted by atomic mass is 10.1. The summed E-state index contributed by atoms with van der Waals surface area (Å²) in [5.41, 5.74) is 6.92. The Morgan fingerprint density at radius 3 is 2.20 bits per heavy atom. The van der Waals surface area contributed by atoms with Gasteiger partial charge >= 0.3 is 0 Å². The molecule has 0 amide bonds. The molecule has 15 heavy (non-hydrogen) atoms. The lowest BCUT2D eigenvalue weighted by Gasteiger charge is -2.07. The highest BCUT2D eigenvalue weighted by molar-refractivity contribution is 5.41. The van der Waals surface area contributed by atoms with Gasteiger partial charge in [-0.3, -0.25) is 0 Å². The number of hydrogen-bond acceptors (Lipinski definition) is 3. The fraction of sp³-hybridized carbons (Fsp3) is 0.500. The molecule has 1 aromatic carbocycles. The molecule has 0 radical (unpaired) electrons. The van der Waals surface area contributed by atoms with Gasteiger partial charge in [0.25, 0.3) is 0 Å². The molecule has 82 valence electrons. The molecule has 1 aliphatic rings. The first kappa shape index (κ1) is 10.3. The highest BCUT2D eigenvalue weighted by Crippen LogP contribution is 2.48. The zero-order chi connectivity index (χ0) is 10.8. The number of ether oxygens (including phenoxy) is 2. The Kier molecular flexibility index (Phi) is 2.82. The largest absolute Gasteiger partial charge is 0.497 e. The van der Waals surface area contributed by atoms with Gasteiger partial charge in [0.05, 0.1) is 14.2 Å². The second-order valence-corrected chi connectivity index (χ2v) is 3.98. The molecule has 2 rings (SSSR count). The molecule has 1 aromatic rings. The third kappa shape index (κ3) is 2.07. The maximum absolute atomic E-state index is 5.64. The van der Waals surface area contributed by atoms with Crippen molar-refractivity contribution in [2.24, 2.45) is 11.7 Å². The van der Waals surface area contributed by atoms with Crippen molar-refractivity contribution in [3.05, 3.63) is 23.8 Å². The molecule has 0 aromatic heterocycles. The van der Waals surface area contributed by atoms with E-state index in [1.165, 1.54) is 12.0 Å². The molecule has 2 atom stereocenters. The van der Waals surface area contributed by atoms with Gasteiger partial charge in [-0.25, -0.2) is 0 Å². The van der Waals surface area contributed by atoms with Crippen LogP contribution in [0.25, 0.3) is 0 Å². The minimum atomic E-state index is 0.596. The van der Waals surface area contributed by atoms with Gasteiger partial charge < -0.3 is 15.2 Å². The summed E-state index contributed by atoms with van der Waals surface area (Å²) in [4.78, 5) is 0. The summed E-state index contributed by atoms with van der Waals surface area (Å²) in [6.45, 7) is 0.768. The van der Waals surface area contributed by atoms with Gasteiger partial charge in [0, 0.05) is 6.07 Å². The van der Waals surface area contributed by atoms with Crippen LogP contribution in [0.2, 0.25) is 0 Å². The van der Waals surface area contributed by atoms with E-state index in [1.807, 2.05) is 6.07 Å². The lowest BCUT2D eigenvalue weighted by Crippen LogP contribution is -2.02. The first-order valence-electron chi connectivity index (χ1n) is 5.21. The number of hydrogen-bond donors (Lipinski definition) is 1. The van der Waals surface area contributed by atoms with Gasteiger partial charge in [-0.2, -0.15) is 0 Å². The third-order valence-electron chi connectivity index (χ3n) is 3.03. The summed E-state index contributed by atoms with van der Waals surface area (Å²) in [6.07, 6.45) is 1.19. The molecule has 1 fully saturated rings. The first-order valence-corrected chi connectivity index (χ1v) is 5.21. The monoisotopic (exact) mass is 207 g/mol. The molecule has 1 saturated carbocycles. The van der Waals surface area contributed by atoms with Crippen LogP contribution in [0.5, 0.6) is 11.5 Å². The SMILES string of the molecule is COc1cc(OC)cc([C@H]2C[C@@H]2CN)c1. The van der Waals surface area contributed by atoms with Gasteiger partial charge in [0.15, 0.2) is 0 Å². The van der Waals surface area contributed by atoms with Crippen LogP contribution in [0.15, 0.2) is 18.2 Å². The van der Waals surface area contributed by atoms with E-state index in [2.05, 4.69) is 12.1 Å². The second kappa shape index (κ2) is 4.11. The van der Waals surface area contributed by atoms with Crippen LogP contribution in [0, 0.1) is 5.92 Å². The summed E-state index contributed by atoms with van der Waals surface area (Å²) in [7, 11) is 3.34. The number of rotatable bonds is 4. The summed E-state index contributed by atoms with van der Waals surface area (Å²) in [5.74, 6) is 2.94. The smallest absolute Gasteiger partial charge is 0.122 e. The molecule has 0 heterocycles. The van der Waals surface area contributed by atoms with Crippen molar-refractivity contribution >= 4 is 0 Å². The quantitative estimate of drug-likeness (QED) is 0.818. The van der Waals surface area contributed by atoms with Crippen LogP contribution in [0.3, 0.4) is 0 Å². The van der Waals surface area contributed by atoms with Gasteiger partial charge in [0.2, 0.25) is 0 Å². The fourth-order valence-corrected chi connectivity index (χ4v) is 1.96. The van der Waals surface area contributed by atoms with Crippen LogP contribution in [0.1, 0.15) is 17.9 Å². The Morgan fingerprint density at radius 1 is 1.20 bits per heavy atom. The van der Waals surface area contributed by atoms with Gasteiger partial charge in [-0.15, -0.1) is 0 Å². The van der Waals surface area contributed by atoms with Crippen LogP contribution < -0.4 is 15.2 Å². The van der Waals surface area contributed by atoms with E-state index in [1.54, 1.807) is 14.2 Å². The summed E-state index contributed by atoms with van der Waals surface area (Å²) < 4.78 is 10.5. The Morgan fingerprint density at radius 2 is 1.80 bits per heavy atom. The van der Waals surface area contributed by atoms with E-state index in [-0.39, 0.29) is 0 Å². The van der Waals surface area contributed by atoms with Gasteiger partial charge in [0.1, 0.15) is 11.5 Å². The molecule has 0 saturated heterocycles. The van der Waals surface area contributed by atoms with Gasteiger partial charge in [-0.05, 0) is 42.5 Å². The zero-order valence-corrected chi connectivity index (χ0v) is 9.19. The third-order valence-corrected chi connectivity index (χ3v) is 3.03. The average Bonchev–Trinajstić information content (AvgIpc) is 3.07. The van der Waals surface area contributed by atoms with Crippen molar-refractivity contribution in [1.29, 1.82) is 0 Å². The van der Waals surface area contributed by atoms with Crippen molar-refractivity contribution in [3.63, 3.8) is 0 Å². The highest BCUT2D eigenvalue weighted by atomic mass is 16.5. The number of benzene rings is 1. The van der Waals surface area contributed by atoms with Crippen LogP contribution in [0.4, 0.5) is 0 Å². The highest BCUT2D eigenvalue weighted by Gasteiger charge is 2.37. The number of nitrogens with two attached hydrogens (primary N) is 1. The second-order valence-electron chi connectivity index (χ2n) is 3.98. The van der Waals surface area contributed by atoms with Crippen molar-refractivity contribution < 1.29 is 9.47 Å². The minimum Gasteiger partial charge on any atom is -0.497 e. The van der Waals surface area contributed by atoms with E-state index < -0.39 is 0 Å². The standard InChI is InChI=1S/C12H17NO2/c1-14-10-3-8(4-11(6-10)15-2)12-5-9(12)7-13/h3-4,6,9,12H,5,7,13H2,1-2H3/t9-,12-/m1/s1.